The van der Waals surface area contributed by atoms with E-state index in [1.165, 1.54) is 6.08 Å². The second-order valence-electron chi connectivity index (χ2n) is 6.61. The van der Waals surface area contributed by atoms with Gasteiger partial charge in [0.25, 0.3) is 5.91 Å². The van der Waals surface area contributed by atoms with Gasteiger partial charge in [0, 0.05) is 17.3 Å². The summed E-state index contributed by atoms with van der Waals surface area (Å²) in [5.74, 6) is -0.302. The average Bonchev–Trinajstić information content (AvgIpc) is 3.22. The molecular weight excluding hydrogens is 416 g/mol. The summed E-state index contributed by atoms with van der Waals surface area (Å²) in [4.78, 5) is 24.5. The molecule has 0 saturated heterocycles. The Labute approximate surface area is 184 Å². The number of rotatable bonds is 6. The van der Waals surface area contributed by atoms with Gasteiger partial charge in [-0.25, -0.2) is 4.79 Å². The van der Waals surface area contributed by atoms with Crippen LogP contribution in [0.5, 0.6) is 0 Å². The van der Waals surface area contributed by atoms with Crippen LogP contribution in [0.25, 0.3) is 17.4 Å². The first-order valence-corrected chi connectivity index (χ1v) is 9.85. The van der Waals surface area contributed by atoms with Gasteiger partial charge in [-0.3, -0.25) is 4.79 Å². The highest BCUT2D eigenvalue weighted by molar-refractivity contribution is 6.33. The second kappa shape index (κ2) is 9.79. The van der Waals surface area contributed by atoms with Crippen molar-refractivity contribution in [3.8, 4) is 17.4 Å². The SMILES string of the molecule is CCOC(=O)c1cc(-c2ccc(/C=C(\C#N)C(=O)Nc3ccc(C)cc3)o2)ccc1Cl. The number of nitrogens with one attached hydrogen (secondary N) is 1. The van der Waals surface area contributed by atoms with E-state index in [1.807, 2.05) is 25.1 Å². The van der Waals surface area contributed by atoms with Gasteiger partial charge in [0.05, 0.1) is 17.2 Å². The second-order valence-corrected chi connectivity index (χ2v) is 7.01. The number of carbonyl (C=O) groups excluding carboxylic acids is 2. The molecule has 0 aliphatic heterocycles. The van der Waals surface area contributed by atoms with Crippen LogP contribution >= 0.6 is 11.6 Å². The first-order valence-electron chi connectivity index (χ1n) is 9.48. The Balaban J connectivity index is 1.82. The van der Waals surface area contributed by atoms with Crippen LogP contribution in [0.2, 0.25) is 5.02 Å². The average molecular weight is 435 g/mol. The maximum absolute atomic E-state index is 12.4. The third kappa shape index (κ3) is 5.41. The first-order chi connectivity index (χ1) is 14.9. The number of esters is 1. The van der Waals surface area contributed by atoms with E-state index in [4.69, 9.17) is 20.8 Å². The molecule has 0 bridgehead atoms. The van der Waals surface area contributed by atoms with Crippen molar-refractivity contribution >= 4 is 35.2 Å². The minimum absolute atomic E-state index is 0.107. The van der Waals surface area contributed by atoms with E-state index >= 15 is 0 Å². The van der Waals surface area contributed by atoms with Gasteiger partial charge in [-0.05, 0) is 56.3 Å². The number of ether oxygens (including phenoxy) is 1. The largest absolute Gasteiger partial charge is 0.462 e. The molecule has 156 valence electrons. The molecule has 0 fully saturated rings. The van der Waals surface area contributed by atoms with Crippen molar-refractivity contribution in [2.75, 3.05) is 11.9 Å². The van der Waals surface area contributed by atoms with Gasteiger partial charge in [0.1, 0.15) is 23.2 Å². The fourth-order valence-electron chi connectivity index (χ4n) is 2.76. The van der Waals surface area contributed by atoms with E-state index in [2.05, 4.69) is 5.32 Å². The molecule has 0 saturated carbocycles. The van der Waals surface area contributed by atoms with Crippen molar-refractivity contribution in [1.29, 1.82) is 5.26 Å². The Hall–Kier alpha value is -3.82. The van der Waals surface area contributed by atoms with Crippen LogP contribution in [-0.2, 0) is 9.53 Å². The van der Waals surface area contributed by atoms with Gasteiger partial charge >= 0.3 is 5.97 Å². The summed E-state index contributed by atoms with van der Waals surface area (Å²) < 4.78 is 10.8. The van der Waals surface area contributed by atoms with Crippen molar-refractivity contribution in [2.45, 2.75) is 13.8 Å². The van der Waals surface area contributed by atoms with Crippen LogP contribution in [0.3, 0.4) is 0 Å². The number of nitrogens with zero attached hydrogens (tertiary/aromatic N) is 1. The van der Waals surface area contributed by atoms with Crippen molar-refractivity contribution in [2.24, 2.45) is 0 Å². The van der Waals surface area contributed by atoms with Gasteiger partial charge in [0.15, 0.2) is 0 Å². The molecule has 31 heavy (non-hydrogen) atoms. The molecule has 6 nitrogen and oxygen atoms in total. The standard InChI is InChI=1S/C24H19ClN2O4/c1-3-30-24(29)20-13-16(6-10-21(20)25)22-11-9-19(31-22)12-17(14-26)23(28)27-18-7-4-15(2)5-8-18/h4-13H,3H2,1-2H3,(H,27,28)/b17-12+. The topological polar surface area (TPSA) is 92.3 Å². The van der Waals surface area contributed by atoms with Crippen LogP contribution in [0, 0.1) is 18.3 Å². The molecule has 1 heterocycles. The highest BCUT2D eigenvalue weighted by atomic mass is 35.5. The lowest BCUT2D eigenvalue weighted by Gasteiger charge is -2.06. The lowest BCUT2D eigenvalue weighted by molar-refractivity contribution is -0.112. The Morgan fingerprint density at radius 2 is 1.90 bits per heavy atom. The highest BCUT2D eigenvalue weighted by Gasteiger charge is 2.15. The molecule has 0 spiro atoms. The minimum atomic E-state index is -0.541. The van der Waals surface area contributed by atoms with Gasteiger partial charge in [-0.1, -0.05) is 29.3 Å². The van der Waals surface area contributed by atoms with E-state index < -0.39 is 11.9 Å². The molecule has 0 aliphatic rings. The number of hydrogen-bond acceptors (Lipinski definition) is 5. The third-order valence-corrected chi connectivity index (χ3v) is 4.66. The van der Waals surface area contributed by atoms with Gasteiger partial charge in [-0.2, -0.15) is 5.26 Å². The quantitative estimate of drug-likeness (QED) is 0.308. The number of aryl methyl sites for hydroxylation is 1. The molecule has 3 rings (SSSR count). The van der Waals surface area contributed by atoms with E-state index in [1.54, 1.807) is 49.4 Å². The lowest BCUT2D eigenvalue weighted by Crippen LogP contribution is -2.13. The van der Waals surface area contributed by atoms with Crippen LogP contribution in [0.15, 0.2) is 64.6 Å². The predicted octanol–water partition coefficient (Wildman–Crippen LogP) is 5.63. The summed E-state index contributed by atoms with van der Waals surface area (Å²) >= 11 is 6.10. The first kappa shape index (κ1) is 21.9. The number of anilines is 1. The molecule has 0 unspecified atom stereocenters. The van der Waals surface area contributed by atoms with E-state index in [9.17, 15) is 14.9 Å². The zero-order valence-electron chi connectivity index (χ0n) is 16.9. The zero-order chi connectivity index (χ0) is 22.4. The number of furan rings is 1. The molecule has 1 aromatic heterocycles. The number of nitriles is 1. The van der Waals surface area contributed by atoms with E-state index in [0.29, 0.717) is 22.8 Å². The number of benzene rings is 2. The highest BCUT2D eigenvalue weighted by Crippen LogP contribution is 2.28. The summed E-state index contributed by atoms with van der Waals surface area (Å²) in [7, 11) is 0. The number of amides is 1. The van der Waals surface area contributed by atoms with E-state index in [-0.39, 0.29) is 22.8 Å². The molecule has 1 N–H and O–H groups in total. The summed E-state index contributed by atoms with van der Waals surface area (Å²) in [5, 5.41) is 12.3. The Morgan fingerprint density at radius 3 is 2.58 bits per heavy atom. The lowest BCUT2D eigenvalue weighted by atomic mass is 10.1. The fourth-order valence-corrected chi connectivity index (χ4v) is 2.95. The van der Waals surface area contributed by atoms with Crippen LogP contribution in [0.1, 0.15) is 28.6 Å². The Morgan fingerprint density at radius 1 is 1.16 bits per heavy atom. The van der Waals surface area contributed by atoms with Crippen LogP contribution in [0.4, 0.5) is 5.69 Å². The zero-order valence-corrected chi connectivity index (χ0v) is 17.7. The van der Waals surface area contributed by atoms with Gasteiger partial charge in [0.2, 0.25) is 0 Å². The summed E-state index contributed by atoms with van der Waals surface area (Å²) in [6.45, 7) is 3.89. The number of carbonyl (C=O) groups is 2. The summed E-state index contributed by atoms with van der Waals surface area (Å²) in [6.07, 6.45) is 1.36. The minimum Gasteiger partial charge on any atom is -0.462 e. The van der Waals surface area contributed by atoms with Crippen molar-refractivity contribution in [3.63, 3.8) is 0 Å². The Kier molecular flexibility index (Phi) is 6.91. The smallest absolute Gasteiger partial charge is 0.339 e. The summed E-state index contributed by atoms with van der Waals surface area (Å²) in [5.41, 5.74) is 2.37. The summed E-state index contributed by atoms with van der Waals surface area (Å²) in [6, 6.07) is 17.3. The molecule has 0 radical (unpaired) electrons. The maximum Gasteiger partial charge on any atom is 0.339 e. The molecular formula is C24H19ClN2O4. The van der Waals surface area contributed by atoms with Crippen LogP contribution < -0.4 is 5.32 Å². The Bertz CT molecular complexity index is 1190. The normalized spacial score (nSPS) is 11.0. The van der Waals surface area contributed by atoms with Crippen molar-refractivity contribution < 1.29 is 18.7 Å². The fraction of sp³-hybridized carbons (Fsp3) is 0.125. The number of hydrogen-bond donors (Lipinski definition) is 1. The predicted molar refractivity (Wildman–Crippen MR) is 119 cm³/mol. The molecule has 0 atom stereocenters. The van der Waals surface area contributed by atoms with E-state index in [0.717, 1.165) is 5.56 Å². The van der Waals surface area contributed by atoms with Crippen molar-refractivity contribution in [1.82, 2.24) is 0 Å². The molecule has 1 amide bonds. The molecule has 0 aliphatic carbocycles. The molecule has 7 heteroatoms. The van der Waals surface area contributed by atoms with Crippen molar-refractivity contribution in [3.05, 3.63) is 82.1 Å². The monoisotopic (exact) mass is 434 g/mol. The number of halogens is 1. The van der Waals surface area contributed by atoms with Crippen LogP contribution in [-0.4, -0.2) is 18.5 Å². The maximum atomic E-state index is 12.4. The van der Waals surface area contributed by atoms with Gasteiger partial charge < -0.3 is 14.5 Å². The third-order valence-electron chi connectivity index (χ3n) is 4.33. The molecule has 3 aromatic rings. The van der Waals surface area contributed by atoms with Gasteiger partial charge in [-0.15, -0.1) is 0 Å². The molecule has 2 aromatic carbocycles.